The molecule has 1 aliphatic rings. The number of fused-ring (bicyclic) bond motifs is 1. The second-order valence-electron chi connectivity index (χ2n) is 4.27. The largest absolute Gasteiger partial charge is 0.458 e. The Bertz CT molecular complexity index is 448. The van der Waals surface area contributed by atoms with Crippen LogP contribution in [0.3, 0.4) is 0 Å². The van der Waals surface area contributed by atoms with Crippen molar-refractivity contribution < 1.29 is 19.1 Å². The van der Waals surface area contributed by atoms with Gasteiger partial charge in [-0.25, -0.2) is 9.59 Å². The van der Waals surface area contributed by atoms with Crippen LogP contribution >= 0.6 is 0 Å². The monoisotopic (exact) mass is 220 g/mol. The van der Waals surface area contributed by atoms with E-state index < -0.39 is 17.5 Å². The van der Waals surface area contributed by atoms with Crippen molar-refractivity contribution in [2.75, 3.05) is 6.61 Å². The van der Waals surface area contributed by atoms with E-state index in [1.54, 1.807) is 38.1 Å². The Labute approximate surface area is 93.2 Å². The molecule has 0 unspecified atom stereocenters. The van der Waals surface area contributed by atoms with Crippen molar-refractivity contribution in [2.45, 2.75) is 19.4 Å². The highest BCUT2D eigenvalue weighted by atomic mass is 16.6. The molecule has 0 amide bonds. The number of cyclic esters (lactones) is 2. The van der Waals surface area contributed by atoms with Crippen LogP contribution < -0.4 is 0 Å². The number of benzene rings is 1. The maximum Gasteiger partial charge on any atom is 0.339 e. The van der Waals surface area contributed by atoms with Gasteiger partial charge in [-0.15, -0.1) is 0 Å². The summed E-state index contributed by atoms with van der Waals surface area (Å²) in [5, 5.41) is 0. The van der Waals surface area contributed by atoms with Gasteiger partial charge in [0, 0.05) is 0 Å². The van der Waals surface area contributed by atoms with Crippen LogP contribution in [0.1, 0.15) is 34.6 Å². The van der Waals surface area contributed by atoms with Crippen molar-refractivity contribution in [3.05, 3.63) is 35.4 Å². The molecular weight excluding hydrogens is 208 g/mol. The zero-order valence-corrected chi connectivity index (χ0v) is 9.15. The van der Waals surface area contributed by atoms with Crippen LogP contribution in [0.4, 0.5) is 0 Å². The van der Waals surface area contributed by atoms with Gasteiger partial charge < -0.3 is 9.47 Å². The molecule has 1 aromatic carbocycles. The Hall–Kier alpha value is -1.84. The first-order chi connectivity index (χ1) is 7.49. The predicted octanol–water partition coefficient (Wildman–Crippen LogP) is 1.79. The Morgan fingerprint density at radius 2 is 1.62 bits per heavy atom. The van der Waals surface area contributed by atoms with E-state index in [1.807, 2.05) is 0 Å². The normalized spacial score (nSPS) is 18.9. The zero-order valence-electron chi connectivity index (χ0n) is 9.15. The number of ether oxygens (including phenoxy) is 2. The van der Waals surface area contributed by atoms with Gasteiger partial charge >= 0.3 is 11.9 Å². The molecule has 0 saturated carbocycles. The molecule has 2 rings (SSSR count). The van der Waals surface area contributed by atoms with Crippen LogP contribution in [0, 0.1) is 0 Å². The van der Waals surface area contributed by atoms with E-state index in [0.29, 0.717) is 0 Å². The quantitative estimate of drug-likeness (QED) is 0.625. The SMILES string of the molecule is CC1(C)COC(=O)c2ccccc2C(=O)O1. The van der Waals surface area contributed by atoms with Gasteiger partial charge in [-0.3, -0.25) is 0 Å². The van der Waals surface area contributed by atoms with Gasteiger partial charge in [-0.1, -0.05) is 12.1 Å². The number of rotatable bonds is 0. The molecule has 0 aromatic heterocycles. The number of esters is 2. The van der Waals surface area contributed by atoms with Crippen molar-refractivity contribution in [1.82, 2.24) is 0 Å². The first-order valence-corrected chi connectivity index (χ1v) is 4.99. The van der Waals surface area contributed by atoms with Gasteiger partial charge in [0.25, 0.3) is 0 Å². The summed E-state index contributed by atoms with van der Waals surface area (Å²) < 4.78 is 10.3. The van der Waals surface area contributed by atoms with E-state index in [9.17, 15) is 9.59 Å². The van der Waals surface area contributed by atoms with Crippen LogP contribution in [0.15, 0.2) is 24.3 Å². The van der Waals surface area contributed by atoms with E-state index in [1.165, 1.54) is 0 Å². The maximum absolute atomic E-state index is 11.8. The smallest absolute Gasteiger partial charge is 0.339 e. The Morgan fingerprint density at radius 3 is 2.25 bits per heavy atom. The number of carbonyl (C=O) groups is 2. The molecule has 0 saturated heterocycles. The fraction of sp³-hybridized carbons (Fsp3) is 0.333. The van der Waals surface area contributed by atoms with E-state index >= 15 is 0 Å². The van der Waals surface area contributed by atoms with Crippen molar-refractivity contribution in [3.8, 4) is 0 Å². The first-order valence-electron chi connectivity index (χ1n) is 4.99. The Balaban J connectivity index is 2.48. The average Bonchev–Trinajstić information content (AvgIpc) is 2.24. The summed E-state index contributed by atoms with van der Waals surface area (Å²) in [7, 11) is 0. The highest BCUT2D eigenvalue weighted by molar-refractivity contribution is 6.03. The lowest BCUT2D eigenvalue weighted by atomic mass is 10.1. The lowest BCUT2D eigenvalue weighted by Gasteiger charge is -2.27. The summed E-state index contributed by atoms with van der Waals surface area (Å²) in [6.45, 7) is 3.46. The summed E-state index contributed by atoms with van der Waals surface area (Å²) in [5.41, 5.74) is -0.288. The molecule has 0 radical (unpaired) electrons. The zero-order chi connectivity index (χ0) is 11.8. The third kappa shape index (κ3) is 1.91. The van der Waals surface area contributed by atoms with Crippen molar-refractivity contribution in [3.63, 3.8) is 0 Å². The van der Waals surface area contributed by atoms with Gasteiger partial charge in [0.1, 0.15) is 12.2 Å². The summed E-state index contributed by atoms with van der Waals surface area (Å²) in [6, 6.07) is 6.47. The number of hydrogen-bond donors (Lipinski definition) is 0. The van der Waals surface area contributed by atoms with Gasteiger partial charge in [0.2, 0.25) is 0 Å². The molecule has 1 aromatic rings. The number of carbonyl (C=O) groups excluding carboxylic acids is 2. The molecule has 84 valence electrons. The summed E-state index contributed by atoms with van der Waals surface area (Å²) in [4.78, 5) is 23.5. The van der Waals surface area contributed by atoms with Crippen molar-refractivity contribution in [1.29, 1.82) is 0 Å². The highest BCUT2D eigenvalue weighted by Crippen LogP contribution is 2.20. The minimum Gasteiger partial charge on any atom is -0.458 e. The van der Waals surface area contributed by atoms with E-state index in [4.69, 9.17) is 9.47 Å². The summed E-state index contributed by atoms with van der Waals surface area (Å²) in [6.07, 6.45) is 0. The van der Waals surface area contributed by atoms with Crippen LogP contribution in [0.25, 0.3) is 0 Å². The van der Waals surface area contributed by atoms with Crippen molar-refractivity contribution in [2.24, 2.45) is 0 Å². The molecule has 0 aliphatic carbocycles. The summed E-state index contributed by atoms with van der Waals surface area (Å²) in [5.74, 6) is -0.974. The number of hydrogen-bond acceptors (Lipinski definition) is 4. The van der Waals surface area contributed by atoms with Crippen LogP contribution in [0.2, 0.25) is 0 Å². The lowest BCUT2D eigenvalue weighted by Crippen LogP contribution is -2.37. The third-order valence-electron chi connectivity index (χ3n) is 2.29. The average molecular weight is 220 g/mol. The molecule has 0 atom stereocenters. The molecule has 4 nitrogen and oxygen atoms in total. The maximum atomic E-state index is 11.8. The van der Waals surface area contributed by atoms with Crippen LogP contribution in [-0.2, 0) is 9.47 Å². The second-order valence-corrected chi connectivity index (χ2v) is 4.27. The molecule has 1 aliphatic heterocycles. The minimum absolute atomic E-state index is 0.0614. The Morgan fingerprint density at radius 1 is 1.06 bits per heavy atom. The fourth-order valence-electron chi connectivity index (χ4n) is 1.49. The van der Waals surface area contributed by atoms with E-state index in [0.717, 1.165) is 0 Å². The van der Waals surface area contributed by atoms with Crippen LogP contribution in [-0.4, -0.2) is 24.1 Å². The standard InChI is InChI=1S/C12H12O4/c1-12(2)7-15-10(13)8-5-3-4-6-9(8)11(14)16-12/h3-6H,7H2,1-2H3. The van der Waals surface area contributed by atoms with Gasteiger partial charge in [-0.05, 0) is 26.0 Å². The molecule has 0 N–H and O–H groups in total. The van der Waals surface area contributed by atoms with Crippen molar-refractivity contribution >= 4 is 11.9 Å². The highest BCUT2D eigenvalue weighted by Gasteiger charge is 2.31. The molecule has 0 spiro atoms. The van der Waals surface area contributed by atoms with E-state index in [-0.39, 0.29) is 17.7 Å². The first kappa shape index (κ1) is 10.7. The second kappa shape index (κ2) is 3.63. The topological polar surface area (TPSA) is 52.6 Å². The molecule has 4 heteroatoms. The molecule has 1 heterocycles. The predicted molar refractivity (Wildman–Crippen MR) is 56.2 cm³/mol. The minimum atomic E-state index is -0.791. The van der Waals surface area contributed by atoms with Gasteiger partial charge in [0.05, 0.1) is 11.1 Å². The molecule has 16 heavy (non-hydrogen) atoms. The van der Waals surface area contributed by atoms with Crippen LogP contribution in [0.5, 0.6) is 0 Å². The molecule has 0 fully saturated rings. The molecular formula is C12H12O4. The Kier molecular flexibility index (Phi) is 2.42. The molecule has 0 bridgehead atoms. The fourth-order valence-corrected chi connectivity index (χ4v) is 1.49. The van der Waals surface area contributed by atoms with E-state index in [2.05, 4.69) is 0 Å². The summed E-state index contributed by atoms with van der Waals surface area (Å²) >= 11 is 0. The third-order valence-corrected chi connectivity index (χ3v) is 2.29. The lowest BCUT2D eigenvalue weighted by molar-refractivity contribution is -0.0403. The van der Waals surface area contributed by atoms with Gasteiger partial charge in [-0.2, -0.15) is 0 Å². The van der Waals surface area contributed by atoms with Gasteiger partial charge in [0.15, 0.2) is 0 Å².